The molecule has 0 fully saturated rings. The third-order valence-electron chi connectivity index (χ3n) is 5.38. The van der Waals surface area contributed by atoms with Gasteiger partial charge in [-0.3, -0.25) is 4.79 Å². The largest absolute Gasteiger partial charge is 0.444 e. The monoisotopic (exact) mass is 541 g/mol. The third-order valence-corrected chi connectivity index (χ3v) is 6.61. The Kier molecular flexibility index (Phi) is 8.09. The fourth-order valence-corrected chi connectivity index (χ4v) is 4.39. The van der Waals surface area contributed by atoms with Gasteiger partial charge in [0.05, 0.1) is 5.75 Å². The lowest BCUT2D eigenvalue weighted by Crippen LogP contribution is -2.36. The molecule has 0 aliphatic heterocycles. The number of ether oxygens (including phenoxy) is 1. The molecule has 2 aromatic heterocycles. The lowest BCUT2D eigenvalue weighted by molar-refractivity contribution is -0.113. The maximum Gasteiger partial charge on any atom is 0.408 e. The Labute approximate surface area is 223 Å². The summed E-state index contributed by atoms with van der Waals surface area (Å²) in [7, 11) is 0. The molecular weight excluding hydrogens is 514 g/mol. The Bertz CT molecular complexity index is 1410. The van der Waals surface area contributed by atoms with Crippen molar-refractivity contribution in [3.05, 3.63) is 70.7 Å². The number of alkyl carbamates (subject to hydrolysis) is 1. The zero-order valence-electron chi connectivity index (χ0n) is 20.9. The zero-order chi connectivity index (χ0) is 26.6. The van der Waals surface area contributed by atoms with Gasteiger partial charge in [0.1, 0.15) is 11.6 Å². The number of aromatic nitrogens is 3. The molecule has 2 aromatic carbocycles. The topological polar surface area (TPSA) is 122 Å². The highest BCUT2D eigenvalue weighted by Gasteiger charge is 2.26. The van der Waals surface area contributed by atoms with E-state index < -0.39 is 17.7 Å². The summed E-state index contributed by atoms with van der Waals surface area (Å²) >= 11 is 7.23. The number of carbonyl (C=O) groups excluding carboxylic acids is 2. The summed E-state index contributed by atoms with van der Waals surface area (Å²) in [6.45, 7) is 7.21. The second-order valence-corrected chi connectivity index (χ2v) is 10.8. The molecule has 11 heteroatoms. The summed E-state index contributed by atoms with van der Waals surface area (Å²) in [5, 5.41) is 15.7. The van der Waals surface area contributed by atoms with Crippen LogP contribution >= 0.6 is 23.4 Å². The van der Waals surface area contributed by atoms with E-state index in [1.165, 1.54) is 0 Å². The van der Waals surface area contributed by atoms with Gasteiger partial charge in [-0.05, 0) is 57.0 Å². The van der Waals surface area contributed by atoms with E-state index in [-0.39, 0.29) is 22.8 Å². The predicted molar refractivity (Wildman–Crippen MR) is 144 cm³/mol. The first kappa shape index (κ1) is 26.6. The third kappa shape index (κ3) is 7.05. The van der Waals surface area contributed by atoms with E-state index in [4.69, 9.17) is 20.8 Å². The molecule has 0 aliphatic carbocycles. The quantitative estimate of drug-likeness (QED) is 0.232. The Balaban J connectivity index is 1.46. The van der Waals surface area contributed by atoms with Gasteiger partial charge < -0.3 is 24.8 Å². The van der Waals surface area contributed by atoms with Crippen LogP contribution in [0.5, 0.6) is 0 Å². The molecule has 4 aromatic rings. The fourth-order valence-electron chi connectivity index (χ4n) is 3.65. The van der Waals surface area contributed by atoms with Crippen molar-refractivity contribution in [2.24, 2.45) is 0 Å². The SMILES string of the molecule is Cc1c(Cl)cccc1NC(=O)CSc1nnc(C(Cc2c[nH]c3ccccc23)NC(=O)OC(C)(C)C)o1. The van der Waals surface area contributed by atoms with Crippen LogP contribution in [0, 0.1) is 6.92 Å². The van der Waals surface area contributed by atoms with Crippen molar-refractivity contribution in [3.8, 4) is 0 Å². The molecule has 4 rings (SSSR count). The maximum atomic E-state index is 12.6. The molecule has 9 nitrogen and oxygen atoms in total. The van der Waals surface area contributed by atoms with Gasteiger partial charge in [-0.15, -0.1) is 10.2 Å². The molecule has 3 N–H and O–H groups in total. The number of carbonyl (C=O) groups is 2. The molecule has 0 aliphatic rings. The van der Waals surface area contributed by atoms with Crippen LogP contribution < -0.4 is 10.6 Å². The van der Waals surface area contributed by atoms with Crippen LogP contribution in [-0.2, 0) is 16.0 Å². The summed E-state index contributed by atoms with van der Waals surface area (Å²) in [4.78, 5) is 28.3. The van der Waals surface area contributed by atoms with Crippen molar-refractivity contribution in [1.29, 1.82) is 0 Å². The summed E-state index contributed by atoms with van der Waals surface area (Å²) in [5.41, 5.74) is 2.72. The van der Waals surface area contributed by atoms with Gasteiger partial charge in [0.2, 0.25) is 11.8 Å². The van der Waals surface area contributed by atoms with Gasteiger partial charge in [0.15, 0.2) is 0 Å². The normalized spacial score (nSPS) is 12.4. The van der Waals surface area contributed by atoms with Crippen molar-refractivity contribution in [3.63, 3.8) is 0 Å². The van der Waals surface area contributed by atoms with Crippen LogP contribution in [0.4, 0.5) is 10.5 Å². The summed E-state index contributed by atoms with van der Waals surface area (Å²) in [6, 6.07) is 12.6. The molecule has 1 atom stereocenters. The minimum Gasteiger partial charge on any atom is -0.444 e. The standard InChI is InChI=1S/C26H28ClN5O4S/c1-15-18(27)9-7-11-19(15)29-22(33)14-37-25-32-31-23(35-25)21(30-24(34)36-26(2,3)4)12-16-13-28-20-10-6-5-8-17(16)20/h5-11,13,21,28H,12,14H2,1-4H3,(H,29,33)(H,30,34). The van der Waals surface area contributed by atoms with Crippen LogP contribution in [0.25, 0.3) is 10.9 Å². The lowest BCUT2D eigenvalue weighted by Gasteiger charge is -2.22. The molecule has 0 radical (unpaired) electrons. The van der Waals surface area contributed by atoms with E-state index in [2.05, 4.69) is 25.8 Å². The van der Waals surface area contributed by atoms with E-state index in [1.54, 1.807) is 39.0 Å². The summed E-state index contributed by atoms with van der Waals surface area (Å²) in [5.74, 6) is 0.0299. The van der Waals surface area contributed by atoms with Crippen LogP contribution in [0.1, 0.15) is 43.8 Å². The maximum absolute atomic E-state index is 12.6. The number of rotatable bonds is 8. The number of nitrogens with zero attached hydrogens (tertiary/aromatic N) is 2. The number of para-hydroxylation sites is 1. The molecule has 194 valence electrons. The van der Waals surface area contributed by atoms with Crippen molar-refractivity contribution >= 4 is 52.0 Å². The molecular formula is C26H28ClN5O4S. The van der Waals surface area contributed by atoms with Gasteiger partial charge in [0.25, 0.3) is 5.22 Å². The number of nitrogens with one attached hydrogen (secondary N) is 3. The minimum absolute atomic E-state index is 0.0557. The van der Waals surface area contributed by atoms with Gasteiger partial charge >= 0.3 is 6.09 Å². The van der Waals surface area contributed by atoms with E-state index in [0.717, 1.165) is 33.8 Å². The molecule has 0 spiro atoms. The molecule has 0 bridgehead atoms. The smallest absolute Gasteiger partial charge is 0.408 e. The first-order valence-corrected chi connectivity index (χ1v) is 13.0. The molecule has 2 amide bonds. The first-order valence-electron chi connectivity index (χ1n) is 11.6. The fraction of sp³-hybridized carbons (Fsp3) is 0.308. The number of anilines is 1. The summed E-state index contributed by atoms with van der Waals surface area (Å²) < 4.78 is 11.3. The number of H-pyrrole nitrogens is 1. The number of hydrogen-bond acceptors (Lipinski definition) is 7. The molecule has 0 saturated heterocycles. The van der Waals surface area contributed by atoms with E-state index >= 15 is 0 Å². The van der Waals surface area contributed by atoms with E-state index in [0.29, 0.717) is 17.1 Å². The highest BCUT2D eigenvalue weighted by atomic mass is 35.5. The van der Waals surface area contributed by atoms with Crippen LogP contribution in [-0.4, -0.2) is 38.5 Å². The van der Waals surface area contributed by atoms with Crippen LogP contribution in [0.2, 0.25) is 5.02 Å². The van der Waals surface area contributed by atoms with E-state index in [9.17, 15) is 9.59 Å². The summed E-state index contributed by atoms with van der Waals surface area (Å²) in [6.07, 6.45) is 1.69. The van der Waals surface area contributed by atoms with Gasteiger partial charge in [0, 0.05) is 34.2 Å². The van der Waals surface area contributed by atoms with Crippen molar-refractivity contribution in [1.82, 2.24) is 20.5 Å². The number of hydrogen-bond donors (Lipinski definition) is 3. The van der Waals surface area contributed by atoms with Crippen LogP contribution in [0.15, 0.2) is 58.3 Å². The van der Waals surface area contributed by atoms with Crippen molar-refractivity contribution < 1.29 is 18.7 Å². The van der Waals surface area contributed by atoms with Gasteiger partial charge in [-0.25, -0.2) is 4.79 Å². The number of benzene rings is 2. The number of aromatic amines is 1. The Morgan fingerprint density at radius 3 is 2.73 bits per heavy atom. The number of thioether (sulfide) groups is 1. The zero-order valence-corrected chi connectivity index (χ0v) is 22.5. The number of fused-ring (bicyclic) bond motifs is 1. The highest BCUT2D eigenvalue weighted by Crippen LogP contribution is 2.27. The molecule has 2 heterocycles. The van der Waals surface area contributed by atoms with Crippen molar-refractivity contribution in [2.45, 2.75) is 51.0 Å². The lowest BCUT2D eigenvalue weighted by atomic mass is 10.1. The van der Waals surface area contributed by atoms with Gasteiger partial charge in [-0.1, -0.05) is 47.6 Å². The van der Waals surface area contributed by atoms with Crippen molar-refractivity contribution in [2.75, 3.05) is 11.1 Å². The number of amides is 2. The second-order valence-electron chi connectivity index (χ2n) is 9.42. The minimum atomic E-state index is -0.667. The first-order chi connectivity index (χ1) is 17.6. The average molecular weight is 542 g/mol. The Morgan fingerprint density at radius 2 is 1.95 bits per heavy atom. The molecule has 0 saturated carbocycles. The van der Waals surface area contributed by atoms with Gasteiger partial charge in [-0.2, -0.15) is 0 Å². The number of halogens is 1. The molecule has 1 unspecified atom stereocenters. The predicted octanol–water partition coefficient (Wildman–Crippen LogP) is 6.05. The Morgan fingerprint density at radius 1 is 1.16 bits per heavy atom. The second kappa shape index (κ2) is 11.3. The molecule has 37 heavy (non-hydrogen) atoms. The average Bonchev–Trinajstić information content (AvgIpc) is 3.47. The highest BCUT2D eigenvalue weighted by molar-refractivity contribution is 7.99. The van der Waals surface area contributed by atoms with Crippen LogP contribution in [0.3, 0.4) is 0 Å². The Hall–Kier alpha value is -3.50. The van der Waals surface area contributed by atoms with E-state index in [1.807, 2.05) is 37.4 Å².